The van der Waals surface area contributed by atoms with Crippen LogP contribution in [0.2, 0.25) is 0 Å². The molecule has 1 aliphatic rings. The van der Waals surface area contributed by atoms with Gasteiger partial charge < -0.3 is 4.90 Å². The lowest BCUT2D eigenvalue weighted by atomic mass is 9.97. The van der Waals surface area contributed by atoms with Gasteiger partial charge in [-0.15, -0.1) is 0 Å². The average Bonchev–Trinajstić information content (AvgIpc) is 3.02. The van der Waals surface area contributed by atoms with E-state index in [1.165, 1.54) is 19.4 Å². The number of nitrogens with one attached hydrogen (secondary N) is 1. The molecular formula is C13H25N3. The summed E-state index contributed by atoms with van der Waals surface area (Å²) in [7, 11) is 2.19. The Morgan fingerprint density at radius 3 is 2.69 bits per heavy atom. The second kappa shape index (κ2) is 6.22. The third-order valence-corrected chi connectivity index (χ3v) is 3.30. The molecule has 1 N–H and O–H groups in total. The standard InChI is InChI=1S/C13H25N3/c1-4-15-13(2,11-14)8-5-9-16(3)10-12-6-7-12/h12,15H,4-10H2,1-3H3. The van der Waals surface area contributed by atoms with Gasteiger partial charge in [-0.3, -0.25) is 5.32 Å². The Hall–Kier alpha value is -0.590. The summed E-state index contributed by atoms with van der Waals surface area (Å²) in [4.78, 5) is 2.40. The lowest BCUT2D eigenvalue weighted by molar-refractivity contribution is 0.296. The van der Waals surface area contributed by atoms with Crippen LogP contribution in [0.4, 0.5) is 0 Å². The minimum Gasteiger partial charge on any atom is -0.306 e. The molecule has 1 fully saturated rings. The zero-order valence-electron chi connectivity index (χ0n) is 10.9. The van der Waals surface area contributed by atoms with Gasteiger partial charge in [0.05, 0.1) is 6.07 Å². The third-order valence-electron chi connectivity index (χ3n) is 3.30. The van der Waals surface area contributed by atoms with Gasteiger partial charge in [0.25, 0.3) is 0 Å². The van der Waals surface area contributed by atoms with Gasteiger partial charge in [-0.25, -0.2) is 0 Å². The highest BCUT2D eigenvalue weighted by atomic mass is 15.1. The first-order valence-corrected chi connectivity index (χ1v) is 6.44. The number of nitriles is 1. The van der Waals surface area contributed by atoms with Crippen LogP contribution in [0.3, 0.4) is 0 Å². The Bertz CT molecular complexity index is 242. The van der Waals surface area contributed by atoms with Gasteiger partial charge in [-0.1, -0.05) is 6.92 Å². The molecule has 1 saturated carbocycles. The van der Waals surface area contributed by atoms with Crippen molar-refractivity contribution in [3.63, 3.8) is 0 Å². The molecule has 1 atom stereocenters. The molecule has 3 nitrogen and oxygen atoms in total. The van der Waals surface area contributed by atoms with E-state index in [9.17, 15) is 0 Å². The molecule has 0 saturated heterocycles. The molecule has 1 rings (SSSR count). The maximum Gasteiger partial charge on any atom is 0.103 e. The molecule has 0 bridgehead atoms. The van der Waals surface area contributed by atoms with Crippen molar-refractivity contribution in [2.75, 3.05) is 26.7 Å². The molecule has 0 heterocycles. The zero-order chi connectivity index (χ0) is 12.0. The fourth-order valence-electron chi connectivity index (χ4n) is 2.11. The fraction of sp³-hybridized carbons (Fsp3) is 0.923. The summed E-state index contributed by atoms with van der Waals surface area (Å²) in [5.41, 5.74) is -0.338. The van der Waals surface area contributed by atoms with E-state index in [1.54, 1.807) is 0 Å². The van der Waals surface area contributed by atoms with E-state index in [0.717, 1.165) is 31.8 Å². The minimum atomic E-state index is -0.338. The van der Waals surface area contributed by atoms with Crippen LogP contribution in [0, 0.1) is 17.2 Å². The Balaban J connectivity index is 2.14. The number of rotatable bonds is 8. The van der Waals surface area contributed by atoms with E-state index in [2.05, 4.69) is 30.3 Å². The van der Waals surface area contributed by atoms with E-state index in [0.29, 0.717) is 0 Å². The van der Waals surface area contributed by atoms with Gasteiger partial charge in [0, 0.05) is 6.54 Å². The zero-order valence-corrected chi connectivity index (χ0v) is 10.9. The molecule has 0 spiro atoms. The molecule has 0 radical (unpaired) electrons. The van der Waals surface area contributed by atoms with Crippen molar-refractivity contribution >= 4 is 0 Å². The average molecular weight is 223 g/mol. The normalized spacial score (nSPS) is 19.4. The van der Waals surface area contributed by atoms with Crippen LogP contribution in [-0.4, -0.2) is 37.1 Å². The molecule has 16 heavy (non-hydrogen) atoms. The molecule has 0 amide bonds. The Morgan fingerprint density at radius 2 is 2.19 bits per heavy atom. The Morgan fingerprint density at radius 1 is 1.50 bits per heavy atom. The summed E-state index contributed by atoms with van der Waals surface area (Å²) in [5, 5.41) is 12.4. The van der Waals surface area contributed by atoms with E-state index in [1.807, 2.05) is 6.92 Å². The van der Waals surface area contributed by atoms with Crippen LogP contribution in [0.25, 0.3) is 0 Å². The van der Waals surface area contributed by atoms with Crippen molar-refractivity contribution in [1.82, 2.24) is 10.2 Å². The predicted octanol–water partition coefficient (Wildman–Crippen LogP) is 2.00. The van der Waals surface area contributed by atoms with Gasteiger partial charge in [-0.05, 0) is 58.7 Å². The van der Waals surface area contributed by atoms with Gasteiger partial charge in [-0.2, -0.15) is 5.26 Å². The van der Waals surface area contributed by atoms with E-state index < -0.39 is 0 Å². The molecule has 3 heteroatoms. The van der Waals surface area contributed by atoms with Crippen molar-refractivity contribution in [3.05, 3.63) is 0 Å². The van der Waals surface area contributed by atoms with E-state index in [4.69, 9.17) is 5.26 Å². The Kier molecular flexibility index (Phi) is 5.24. The summed E-state index contributed by atoms with van der Waals surface area (Å²) in [5.74, 6) is 0.959. The summed E-state index contributed by atoms with van der Waals surface area (Å²) in [6.07, 6.45) is 4.86. The summed E-state index contributed by atoms with van der Waals surface area (Å²) in [6, 6.07) is 2.38. The number of hydrogen-bond donors (Lipinski definition) is 1. The second-order valence-electron chi connectivity index (χ2n) is 5.28. The molecule has 0 aromatic carbocycles. The number of nitrogens with zero attached hydrogens (tertiary/aromatic N) is 2. The summed E-state index contributed by atoms with van der Waals surface area (Å²) in [6.45, 7) is 7.26. The highest BCUT2D eigenvalue weighted by Gasteiger charge is 2.24. The molecule has 0 aromatic heterocycles. The smallest absolute Gasteiger partial charge is 0.103 e. The summed E-state index contributed by atoms with van der Waals surface area (Å²) < 4.78 is 0. The van der Waals surface area contributed by atoms with Crippen LogP contribution in [0.1, 0.15) is 39.5 Å². The highest BCUT2D eigenvalue weighted by Crippen LogP contribution is 2.29. The highest BCUT2D eigenvalue weighted by molar-refractivity contribution is 5.03. The van der Waals surface area contributed by atoms with Crippen molar-refractivity contribution in [2.24, 2.45) is 5.92 Å². The first-order chi connectivity index (χ1) is 7.59. The second-order valence-corrected chi connectivity index (χ2v) is 5.28. The molecular weight excluding hydrogens is 198 g/mol. The number of hydrogen-bond acceptors (Lipinski definition) is 3. The largest absolute Gasteiger partial charge is 0.306 e. The van der Waals surface area contributed by atoms with E-state index in [-0.39, 0.29) is 5.54 Å². The van der Waals surface area contributed by atoms with Crippen molar-refractivity contribution in [1.29, 1.82) is 5.26 Å². The molecule has 0 aromatic rings. The quantitative estimate of drug-likeness (QED) is 0.684. The first-order valence-electron chi connectivity index (χ1n) is 6.44. The lowest BCUT2D eigenvalue weighted by Gasteiger charge is -2.24. The van der Waals surface area contributed by atoms with Crippen molar-refractivity contribution in [2.45, 2.75) is 45.1 Å². The molecule has 0 aliphatic heterocycles. The predicted molar refractivity (Wildman–Crippen MR) is 67.1 cm³/mol. The van der Waals surface area contributed by atoms with Gasteiger partial charge >= 0.3 is 0 Å². The third kappa shape index (κ3) is 4.96. The molecule has 1 unspecified atom stereocenters. The maximum absolute atomic E-state index is 9.11. The molecule has 1 aliphatic carbocycles. The van der Waals surface area contributed by atoms with Crippen molar-refractivity contribution < 1.29 is 0 Å². The minimum absolute atomic E-state index is 0.338. The van der Waals surface area contributed by atoms with Crippen LogP contribution >= 0.6 is 0 Å². The Labute approximate surface area is 99.8 Å². The SMILES string of the molecule is CCNC(C)(C#N)CCCN(C)CC1CC1. The van der Waals surface area contributed by atoms with Crippen molar-refractivity contribution in [3.8, 4) is 6.07 Å². The van der Waals surface area contributed by atoms with Gasteiger partial charge in [0.15, 0.2) is 0 Å². The summed E-state index contributed by atoms with van der Waals surface area (Å²) >= 11 is 0. The molecule has 92 valence electrons. The first kappa shape index (κ1) is 13.5. The topological polar surface area (TPSA) is 39.1 Å². The maximum atomic E-state index is 9.11. The lowest BCUT2D eigenvalue weighted by Crippen LogP contribution is -2.41. The monoisotopic (exact) mass is 223 g/mol. The van der Waals surface area contributed by atoms with Gasteiger partial charge in [0.1, 0.15) is 5.54 Å². The fourth-order valence-corrected chi connectivity index (χ4v) is 2.11. The van der Waals surface area contributed by atoms with Gasteiger partial charge in [0.2, 0.25) is 0 Å². The van der Waals surface area contributed by atoms with Crippen LogP contribution in [0.15, 0.2) is 0 Å². The van der Waals surface area contributed by atoms with E-state index >= 15 is 0 Å². The van der Waals surface area contributed by atoms with Crippen LogP contribution in [-0.2, 0) is 0 Å². The van der Waals surface area contributed by atoms with Crippen LogP contribution in [0.5, 0.6) is 0 Å². The van der Waals surface area contributed by atoms with Crippen LogP contribution < -0.4 is 5.32 Å².